The number of anilines is 1. The first-order valence-corrected chi connectivity index (χ1v) is 12.3. The van der Waals surface area contributed by atoms with Crippen molar-refractivity contribution < 1.29 is 4.79 Å². The van der Waals surface area contributed by atoms with Gasteiger partial charge in [-0.2, -0.15) is 0 Å². The van der Waals surface area contributed by atoms with Gasteiger partial charge in [0.25, 0.3) is 0 Å². The van der Waals surface area contributed by atoms with Gasteiger partial charge < -0.3 is 5.73 Å². The van der Waals surface area contributed by atoms with Gasteiger partial charge in [-0.05, 0) is 64.8 Å². The summed E-state index contributed by atoms with van der Waals surface area (Å²) in [7, 11) is 0. The quantitative estimate of drug-likeness (QED) is 0.193. The lowest BCUT2D eigenvalue weighted by atomic mass is 9.97. The number of nitrogen functional groups attached to an aromatic ring is 1. The van der Waals surface area contributed by atoms with Crippen molar-refractivity contribution in [3.8, 4) is 0 Å². The maximum absolute atomic E-state index is 12.6. The molecule has 0 aliphatic carbocycles. The maximum atomic E-state index is 12.6. The molecule has 2 nitrogen and oxygen atoms in total. The molecule has 176 valence electrons. The second kappa shape index (κ2) is 10.9. The van der Waals surface area contributed by atoms with Gasteiger partial charge >= 0.3 is 0 Å². The first-order valence-electron chi connectivity index (χ1n) is 12.3. The third-order valence-electron chi connectivity index (χ3n) is 6.50. The Kier molecular flexibility index (Phi) is 7.05. The number of hydrogen-bond donors (Lipinski definition) is 1. The molecule has 2 N–H and O–H groups in total. The van der Waals surface area contributed by atoms with E-state index < -0.39 is 0 Å². The lowest BCUT2D eigenvalue weighted by Crippen LogP contribution is -2.01. The average molecular weight is 468 g/mol. The number of benzene rings is 5. The van der Waals surface area contributed by atoms with Gasteiger partial charge in [0.1, 0.15) is 0 Å². The van der Waals surface area contributed by atoms with Crippen LogP contribution in [0.4, 0.5) is 5.69 Å². The molecule has 36 heavy (non-hydrogen) atoms. The fourth-order valence-corrected chi connectivity index (χ4v) is 4.42. The Morgan fingerprint density at radius 3 is 1.11 bits per heavy atom. The molecule has 0 spiro atoms. The van der Waals surface area contributed by atoms with Crippen LogP contribution >= 0.6 is 0 Å². The molecular weight excluding hydrogens is 438 g/mol. The molecule has 5 rings (SSSR count). The van der Waals surface area contributed by atoms with Crippen LogP contribution in [0, 0.1) is 0 Å². The van der Waals surface area contributed by atoms with Crippen LogP contribution in [0.5, 0.6) is 0 Å². The predicted octanol–water partition coefficient (Wildman–Crippen LogP) is 7.27. The zero-order valence-electron chi connectivity index (χ0n) is 20.2. The van der Waals surface area contributed by atoms with Gasteiger partial charge in [-0.3, -0.25) is 4.79 Å². The highest BCUT2D eigenvalue weighted by atomic mass is 16.1. The van der Waals surface area contributed by atoms with E-state index in [2.05, 4.69) is 72.8 Å². The Balaban J connectivity index is 1.17. The van der Waals surface area contributed by atoms with E-state index in [0.29, 0.717) is 0 Å². The van der Waals surface area contributed by atoms with E-state index in [4.69, 9.17) is 5.73 Å². The normalized spacial score (nSPS) is 10.8. The van der Waals surface area contributed by atoms with Crippen LogP contribution in [0.3, 0.4) is 0 Å². The number of carbonyl (C=O) groups is 1. The summed E-state index contributed by atoms with van der Waals surface area (Å²) >= 11 is 0. The van der Waals surface area contributed by atoms with Crippen LogP contribution in [0.25, 0.3) is 0 Å². The highest BCUT2D eigenvalue weighted by molar-refractivity contribution is 6.08. The fourth-order valence-electron chi connectivity index (χ4n) is 4.42. The Labute approximate surface area is 213 Å². The second-order valence-electron chi connectivity index (χ2n) is 9.30. The minimum Gasteiger partial charge on any atom is -0.399 e. The van der Waals surface area contributed by atoms with Gasteiger partial charge in [-0.25, -0.2) is 0 Å². The topological polar surface area (TPSA) is 43.1 Å². The van der Waals surface area contributed by atoms with Crippen LogP contribution in [0.15, 0.2) is 127 Å². The monoisotopic (exact) mass is 467 g/mol. The molecule has 0 atom stereocenters. The van der Waals surface area contributed by atoms with E-state index in [0.717, 1.165) is 36.1 Å². The summed E-state index contributed by atoms with van der Waals surface area (Å²) in [5.74, 6) is 0.0600. The van der Waals surface area contributed by atoms with Gasteiger partial charge in [0, 0.05) is 16.8 Å². The first kappa shape index (κ1) is 23.3. The van der Waals surface area contributed by atoms with Crippen LogP contribution in [0.2, 0.25) is 0 Å². The summed E-state index contributed by atoms with van der Waals surface area (Å²) in [6.45, 7) is 0. The van der Waals surface area contributed by atoms with Crippen molar-refractivity contribution in [1.29, 1.82) is 0 Å². The minimum atomic E-state index is 0.0600. The van der Waals surface area contributed by atoms with Crippen molar-refractivity contribution in [2.24, 2.45) is 0 Å². The van der Waals surface area contributed by atoms with Crippen molar-refractivity contribution >= 4 is 11.5 Å². The highest BCUT2D eigenvalue weighted by Crippen LogP contribution is 2.18. The van der Waals surface area contributed by atoms with Crippen molar-refractivity contribution in [3.05, 3.63) is 172 Å². The molecule has 0 amide bonds. The third kappa shape index (κ3) is 5.97. The fraction of sp³-hybridized carbons (Fsp3) is 0.0882. The summed E-state index contributed by atoms with van der Waals surface area (Å²) in [5.41, 5.74) is 15.7. The Morgan fingerprint density at radius 1 is 0.417 bits per heavy atom. The van der Waals surface area contributed by atoms with E-state index >= 15 is 0 Å². The Bertz CT molecular complexity index is 1420. The predicted molar refractivity (Wildman–Crippen MR) is 148 cm³/mol. The molecule has 0 heterocycles. The Hall–Kier alpha value is -4.43. The van der Waals surface area contributed by atoms with E-state index in [1.807, 2.05) is 54.6 Å². The summed E-state index contributed by atoms with van der Waals surface area (Å²) in [6, 6.07) is 43.2. The lowest BCUT2D eigenvalue weighted by molar-refractivity contribution is 0.103. The molecule has 5 aromatic rings. The third-order valence-corrected chi connectivity index (χ3v) is 6.50. The molecule has 5 aromatic carbocycles. The van der Waals surface area contributed by atoms with Crippen molar-refractivity contribution in [2.45, 2.75) is 19.3 Å². The number of rotatable bonds is 8. The zero-order valence-corrected chi connectivity index (χ0v) is 20.2. The zero-order chi connectivity index (χ0) is 24.7. The number of hydrogen-bond acceptors (Lipinski definition) is 2. The number of nitrogens with two attached hydrogens (primary N) is 1. The smallest absolute Gasteiger partial charge is 0.193 e. The SMILES string of the molecule is Nc1ccc(Cc2ccc(Cc3ccc(Cc4ccc(C(=O)c5ccccc5)cc4)cc3)cc2)cc1. The standard InChI is InChI=1S/C34H29NO/c35-33-20-16-30(17-21-33)24-28-12-8-26(9-13-28)22-25-6-10-27(11-7-25)23-29-14-18-32(19-15-29)34(36)31-4-2-1-3-5-31/h1-21H,22-24,35H2. The van der Waals surface area contributed by atoms with E-state index in [-0.39, 0.29) is 5.78 Å². The van der Waals surface area contributed by atoms with Gasteiger partial charge in [-0.15, -0.1) is 0 Å². The molecule has 0 bridgehead atoms. The molecule has 2 heteroatoms. The summed E-state index contributed by atoms with van der Waals surface area (Å²) in [4.78, 5) is 12.6. The van der Waals surface area contributed by atoms with Crippen molar-refractivity contribution in [2.75, 3.05) is 5.73 Å². The van der Waals surface area contributed by atoms with Gasteiger partial charge in [0.15, 0.2) is 5.78 Å². The molecular formula is C34H29NO. The maximum Gasteiger partial charge on any atom is 0.193 e. The lowest BCUT2D eigenvalue weighted by Gasteiger charge is -2.08. The largest absolute Gasteiger partial charge is 0.399 e. The molecule has 0 saturated carbocycles. The second-order valence-corrected chi connectivity index (χ2v) is 9.30. The molecule has 0 radical (unpaired) electrons. The van der Waals surface area contributed by atoms with Crippen molar-refractivity contribution in [1.82, 2.24) is 0 Å². The first-order chi connectivity index (χ1) is 17.6. The number of ketones is 1. The number of carbonyl (C=O) groups excluding carboxylic acids is 1. The Morgan fingerprint density at radius 2 is 0.722 bits per heavy atom. The van der Waals surface area contributed by atoms with Crippen LogP contribution < -0.4 is 5.73 Å². The van der Waals surface area contributed by atoms with Gasteiger partial charge in [0.2, 0.25) is 0 Å². The summed E-state index contributed by atoms with van der Waals surface area (Å²) in [5, 5.41) is 0. The molecule has 0 fully saturated rings. The molecule has 0 aliphatic heterocycles. The highest BCUT2D eigenvalue weighted by Gasteiger charge is 2.08. The molecule has 0 unspecified atom stereocenters. The van der Waals surface area contributed by atoms with Gasteiger partial charge in [0.05, 0.1) is 0 Å². The van der Waals surface area contributed by atoms with Crippen LogP contribution in [-0.4, -0.2) is 5.78 Å². The van der Waals surface area contributed by atoms with Crippen LogP contribution in [0.1, 0.15) is 49.3 Å². The minimum absolute atomic E-state index is 0.0600. The van der Waals surface area contributed by atoms with Gasteiger partial charge in [-0.1, -0.05) is 115 Å². The molecule has 0 saturated heterocycles. The van der Waals surface area contributed by atoms with Crippen LogP contribution in [-0.2, 0) is 19.3 Å². The van der Waals surface area contributed by atoms with E-state index in [1.165, 1.54) is 33.4 Å². The molecule has 0 aromatic heterocycles. The molecule has 0 aliphatic rings. The van der Waals surface area contributed by atoms with E-state index in [1.54, 1.807) is 0 Å². The van der Waals surface area contributed by atoms with E-state index in [9.17, 15) is 4.79 Å². The average Bonchev–Trinajstić information content (AvgIpc) is 2.93. The summed E-state index contributed by atoms with van der Waals surface area (Å²) in [6.07, 6.45) is 2.68. The van der Waals surface area contributed by atoms with Crippen molar-refractivity contribution in [3.63, 3.8) is 0 Å². The summed E-state index contributed by atoms with van der Waals surface area (Å²) < 4.78 is 0.